The maximum absolute atomic E-state index is 12.4. The van der Waals surface area contributed by atoms with E-state index in [4.69, 9.17) is 0 Å². The zero-order chi connectivity index (χ0) is 18.1. The summed E-state index contributed by atoms with van der Waals surface area (Å²) in [6, 6.07) is 6.00. The predicted molar refractivity (Wildman–Crippen MR) is 92.9 cm³/mol. The summed E-state index contributed by atoms with van der Waals surface area (Å²) in [5.74, 6) is -0.201. The summed E-state index contributed by atoms with van der Waals surface area (Å²) in [4.78, 5) is 12.5. The summed E-state index contributed by atoms with van der Waals surface area (Å²) in [7, 11) is -0.523. The fraction of sp³-hybridized carbons (Fsp3) is 0.588. The number of nitrogens with one attached hydrogen (secondary N) is 1. The minimum atomic E-state index is -3.48. The van der Waals surface area contributed by atoms with E-state index < -0.39 is 10.0 Å². The molecular formula is C17H28N2O3S. The normalized spacial score (nSPS) is 13.2. The third kappa shape index (κ3) is 5.62. The van der Waals surface area contributed by atoms with Crippen molar-refractivity contribution in [2.75, 3.05) is 14.1 Å². The SMILES string of the molecule is CN(C)S(=O)(=O)c1ccc(C(=O)NC(C)(C)CC(C)(C)C)cc1. The fourth-order valence-electron chi connectivity index (χ4n) is 2.74. The van der Waals surface area contributed by atoms with Crippen molar-refractivity contribution in [1.82, 2.24) is 9.62 Å². The van der Waals surface area contributed by atoms with Gasteiger partial charge in [-0.25, -0.2) is 12.7 Å². The molecule has 1 amide bonds. The van der Waals surface area contributed by atoms with E-state index in [9.17, 15) is 13.2 Å². The topological polar surface area (TPSA) is 66.5 Å². The van der Waals surface area contributed by atoms with E-state index in [0.29, 0.717) is 5.56 Å². The van der Waals surface area contributed by atoms with E-state index in [1.807, 2.05) is 13.8 Å². The lowest BCUT2D eigenvalue weighted by atomic mass is 9.81. The Morgan fingerprint density at radius 2 is 1.52 bits per heavy atom. The molecule has 130 valence electrons. The van der Waals surface area contributed by atoms with Gasteiger partial charge in [-0.1, -0.05) is 20.8 Å². The lowest BCUT2D eigenvalue weighted by Crippen LogP contribution is -2.45. The quantitative estimate of drug-likeness (QED) is 0.896. The van der Waals surface area contributed by atoms with Crippen LogP contribution in [0.25, 0.3) is 0 Å². The molecule has 0 atom stereocenters. The Kier molecular flexibility index (Phi) is 5.65. The number of rotatable bonds is 5. The highest BCUT2D eigenvalue weighted by atomic mass is 32.2. The second kappa shape index (κ2) is 6.61. The van der Waals surface area contributed by atoms with Crippen LogP contribution in [0.4, 0.5) is 0 Å². The van der Waals surface area contributed by atoms with Crippen LogP contribution in [0.3, 0.4) is 0 Å². The molecule has 0 unspecified atom stereocenters. The van der Waals surface area contributed by atoms with Crippen LogP contribution in [0.15, 0.2) is 29.2 Å². The summed E-state index contributed by atoms with van der Waals surface area (Å²) in [6.07, 6.45) is 0.832. The first-order valence-electron chi connectivity index (χ1n) is 7.60. The molecule has 0 aliphatic heterocycles. The first-order valence-corrected chi connectivity index (χ1v) is 9.04. The standard InChI is InChI=1S/C17H28N2O3S/c1-16(2,3)12-17(4,5)18-15(20)13-8-10-14(11-9-13)23(21,22)19(6)7/h8-11H,12H2,1-7H3,(H,18,20). The Labute approximate surface area is 140 Å². The van der Waals surface area contributed by atoms with Gasteiger partial charge in [-0.05, 0) is 49.9 Å². The Hall–Kier alpha value is -1.40. The summed E-state index contributed by atoms with van der Waals surface area (Å²) >= 11 is 0. The molecule has 1 N–H and O–H groups in total. The van der Waals surface area contributed by atoms with Crippen molar-refractivity contribution in [3.63, 3.8) is 0 Å². The molecule has 0 saturated heterocycles. The summed E-state index contributed by atoms with van der Waals surface area (Å²) in [5, 5.41) is 3.01. The molecule has 6 heteroatoms. The molecule has 0 spiro atoms. The van der Waals surface area contributed by atoms with Gasteiger partial charge in [-0.2, -0.15) is 0 Å². The lowest BCUT2D eigenvalue weighted by molar-refractivity contribution is 0.0891. The average Bonchev–Trinajstić information content (AvgIpc) is 2.35. The first-order chi connectivity index (χ1) is 10.2. The fourth-order valence-corrected chi connectivity index (χ4v) is 3.64. The van der Waals surface area contributed by atoms with E-state index >= 15 is 0 Å². The first kappa shape index (κ1) is 19.6. The minimum absolute atomic E-state index is 0.0976. The number of carbonyl (C=O) groups is 1. The summed E-state index contributed by atoms with van der Waals surface area (Å²) < 4.78 is 25.2. The van der Waals surface area contributed by atoms with Crippen molar-refractivity contribution in [3.05, 3.63) is 29.8 Å². The van der Waals surface area contributed by atoms with Gasteiger partial charge >= 0.3 is 0 Å². The van der Waals surface area contributed by atoms with Crippen molar-refractivity contribution >= 4 is 15.9 Å². The highest BCUT2D eigenvalue weighted by Gasteiger charge is 2.27. The van der Waals surface area contributed by atoms with Crippen molar-refractivity contribution in [2.24, 2.45) is 5.41 Å². The Balaban J connectivity index is 2.91. The molecule has 0 saturated carbocycles. The molecule has 0 aliphatic rings. The van der Waals surface area contributed by atoms with Gasteiger partial charge in [0.15, 0.2) is 0 Å². The zero-order valence-electron chi connectivity index (χ0n) is 15.1. The maximum Gasteiger partial charge on any atom is 0.251 e. The van der Waals surface area contributed by atoms with Gasteiger partial charge in [0, 0.05) is 25.2 Å². The molecule has 0 aromatic heterocycles. The van der Waals surface area contributed by atoms with Crippen LogP contribution >= 0.6 is 0 Å². The molecule has 1 aromatic rings. The van der Waals surface area contributed by atoms with E-state index in [1.54, 1.807) is 12.1 Å². The number of hydrogen-bond donors (Lipinski definition) is 1. The van der Waals surface area contributed by atoms with Crippen LogP contribution in [-0.4, -0.2) is 38.3 Å². The second-order valence-corrected chi connectivity index (χ2v) is 10.0. The maximum atomic E-state index is 12.4. The third-order valence-electron chi connectivity index (χ3n) is 3.32. The minimum Gasteiger partial charge on any atom is -0.347 e. The molecule has 1 aromatic carbocycles. The number of carbonyl (C=O) groups excluding carboxylic acids is 1. The van der Waals surface area contributed by atoms with Gasteiger partial charge in [0.25, 0.3) is 5.91 Å². The molecule has 5 nitrogen and oxygen atoms in total. The molecule has 0 heterocycles. The second-order valence-electron chi connectivity index (χ2n) is 7.89. The largest absolute Gasteiger partial charge is 0.347 e. The van der Waals surface area contributed by atoms with Gasteiger partial charge in [0.1, 0.15) is 0 Å². The summed E-state index contributed by atoms with van der Waals surface area (Å²) in [6.45, 7) is 10.4. The van der Waals surface area contributed by atoms with Crippen LogP contribution in [0.1, 0.15) is 51.4 Å². The van der Waals surface area contributed by atoms with Crippen molar-refractivity contribution in [1.29, 1.82) is 0 Å². The van der Waals surface area contributed by atoms with E-state index in [2.05, 4.69) is 26.1 Å². The number of benzene rings is 1. The molecule has 23 heavy (non-hydrogen) atoms. The van der Waals surface area contributed by atoms with E-state index in [1.165, 1.54) is 26.2 Å². The lowest BCUT2D eigenvalue weighted by Gasteiger charge is -2.33. The Morgan fingerprint density at radius 1 is 1.04 bits per heavy atom. The number of amides is 1. The number of hydrogen-bond acceptors (Lipinski definition) is 3. The van der Waals surface area contributed by atoms with E-state index in [0.717, 1.165) is 10.7 Å². The van der Waals surface area contributed by atoms with Gasteiger partial charge in [0.2, 0.25) is 10.0 Å². The van der Waals surface area contributed by atoms with Crippen molar-refractivity contribution < 1.29 is 13.2 Å². The molecule has 0 bridgehead atoms. The molecule has 1 rings (SSSR count). The molecule has 0 radical (unpaired) electrons. The van der Waals surface area contributed by atoms with Crippen LogP contribution in [0.2, 0.25) is 0 Å². The van der Waals surface area contributed by atoms with Gasteiger partial charge < -0.3 is 5.32 Å². The van der Waals surface area contributed by atoms with Gasteiger partial charge in [0.05, 0.1) is 4.90 Å². The predicted octanol–water partition coefficient (Wildman–Crippen LogP) is 2.88. The zero-order valence-corrected chi connectivity index (χ0v) is 15.9. The summed E-state index contributed by atoms with van der Waals surface area (Å²) in [5.41, 5.74) is 0.203. The van der Waals surface area contributed by atoms with Crippen LogP contribution in [0.5, 0.6) is 0 Å². The Morgan fingerprint density at radius 3 is 1.91 bits per heavy atom. The highest BCUT2D eigenvalue weighted by molar-refractivity contribution is 7.89. The monoisotopic (exact) mass is 340 g/mol. The molecular weight excluding hydrogens is 312 g/mol. The smallest absolute Gasteiger partial charge is 0.251 e. The highest BCUT2D eigenvalue weighted by Crippen LogP contribution is 2.27. The van der Waals surface area contributed by atoms with Crippen molar-refractivity contribution in [2.45, 2.75) is 51.5 Å². The number of sulfonamides is 1. The number of nitrogens with zero attached hydrogens (tertiary/aromatic N) is 1. The van der Waals surface area contributed by atoms with E-state index in [-0.39, 0.29) is 21.8 Å². The van der Waals surface area contributed by atoms with Crippen molar-refractivity contribution in [3.8, 4) is 0 Å². The Bertz CT molecular complexity index is 654. The van der Waals surface area contributed by atoms with Crippen LogP contribution < -0.4 is 5.32 Å². The van der Waals surface area contributed by atoms with Gasteiger partial charge in [-0.3, -0.25) is 4.79 Å². The van der Waals surface area contributed by atoms with Gasteiger partial charge in [-0.15, -0.1) is 0 Å². The molecule has 0 fully saturated rings. The van der Waals surface area contributed by atoms with Crippen LogP contribution in [-0.2, 0) is 10.0 Å². The van der Waals surface area contributed by atoms with Crippen LogP contribution in [0, 0.1) is 5.41 Å². The average molecular weight is 340 g/mol. The molecule has 0 aliphatic carbocycles. The third-order valence-corrected chi connectivity index (χ3v) is 5.15.